The molecule has 2 atom stereocenters. The van der Waals surface area contributed by atoms with Gasteiger partial charge < -0.3 is 19.6 Å². The van der Waals surface area contributed by atoms with E-state index >= 15 is 13.2 Å². The van der Waals surface area contributed by atoms with Crippen LogP contribution in [0.1, 0.15) is 44.4 Å². The molecule has 2 aliphatic rings. The van der Waals surface area contributed by atoms with Crippen LogP contribution in [-0.4, -0.2) is 57.2 Å². The molecule has 1 saturated heterocycles. The van der Waals surface area contributed by atoms with E-state index in [1.54, 1.807) is 24.1 Å². The van der Waals surface area contributed by atoms with E-state index in [2.05, 4.69) is 11.6 Å². The maximum absolute atomic E-state index is 17.1. The number of benzene rings is 2. The van der Waals surface area contributed by atoms with Crippen molar-refractivity contribution in [2.45, 2.75) is 52.1 Å². The van der Waals surface area contributed by atoms with Crippen molar-refractivity contribution in [3.05, 3.63) is 88.2 Å². The molecule has 8 nitrogen and oxygen atoms in total. The number of halogens is 3. The second-order valence-electron chi connectivity index (χ2n) is 11.9. The molecule has 0 spiro atoms. The van der Waals surface area contributed by atoms with Gasteiger partial charge in [0.1, 0.15) is 17.4 Å². The van der Waals surface area contributed by atoms with Crippen molar-refractivity contribution in [2.24, 2.45) is 0 Å². The topological polar surface area (TPSA) is 87.9 Å². The van der Waals surface area contributed by atoms with Crippen LogP contribution in [0.3, 0.4) is 0 Å². The van der Waals surface area contributed by atoms with Crippen LogP contribution < -0.4 is 15.2 Å². The Morgan fingerprint density at radius 3 is 2.58 bits per heavy atom. The Hall–Kier alpha value is -4.80. The van der Waals surface area contributed by atoms with Crippen molar-refractivity contribution in [1.29, 1.82) is 0 Å². The number of fused-ring (bicyclic) bond motifs is 5. The summed E-state index contributed by atoms with van der Waals surface area (Å²) in [6.45, 7) is 11.6. The first-order chi connectivity index (χ1) is 21.5. The number of hydrogen-bond donors (Lipinski definition) is 1. The molecule has 0 bridgehead atoms. The Balaban J connectivity index is 1.76. The summed E-state index contributed by atoms with van der Waals surface area (Å²) in [4.78, 5) is 35.3. The lowest BCUT2D eigenvalue weighted by molar-refractivity contribution is -0.129. The highest BCUT2D eigenvalue weighted by Crippen LogP contribution is 2.45. The standard InChI is InChI=1S/C34H33F3N4O4/c1-6-25(43)39-16-20-11-13-45-33-32(40(20)15-19(39)5)21-14-23(36)27(26-22(35)8-7-9-24(26)42)28(37)31(21)41(34(33)44)30-18(4)10-12-38-29(30)17(2)3/h6-10,12,14,17,19-20,42H,1,11,13,15-16H2,2-5H3. The molecular weight excluding hydrogens is 585 g/mol. The van der Waals surface area contributed by atoms with Gasteiger partial charge in [0.2, 0.25) is 11.7 Å². The minimum Gasteiger partial charge on any atom is -0.507 e. The van der Waals surface area contributed by atoms with E-state index in [0.29, 0.717) is 23.4 Å². The zero-order valence-corrected chi connectivity index (χ0v) is 25.4. The van der Waals surface area contributed by atoms with Gasteiger partial charge in [-0.1, -0.05) is 26.5 Å². The third kappa shape index (κ3) is 4.72. The van der Waals surface area contributed by atoms with Crippen LogP contribution in [0.5, 0.6) is 11.5 Å². The van der Waals surface area contributed by atoms with Gasteiger partial charge >= 0.3 is 0 Å². The monoisotopic (exact) mass is 618 g/mol. The molecule has 0 saturated carbocycles. The minimum atomic E-state index is -1.22. The number of aromatic nitrogens is 2. The van der Waals surface area contributed by atoms with Crippen LogP contribution in [0.2, 0.25) is 0 Å². The van der Waals surface area contributed by atoms with Gasteiger partial charge in [-0.05, 0) is 55.7 Å². The number of anilines is 1. The summed E-state index contributed by atoms with van der Waals surface area (Å²) in [7, 11) is 0. The largest absolute Gasteiger partial charge is 0.507 e. The van der Waals surface area contributed by atoms with Crippen molar-refractivity contribution < 1.29 is 27.8 Å². The molecule has 0 radical (unpaired) electrons. The van der Waals surface area contributed by atoms with E-state index < -0.39 is 39.9 Å². The molecule has 11 heteroatoms. The number of piperazine rings is 1. The fourth-order valence-electron chi connectivity index (χ4n) is 6.62. The molecule has 4 heterocycles. The molecule has 2 aliphatic heterocycles. The maximum Gasteiger partial charge on any atom is 0.300 e. The number of nitrogens with zero attached hydrogens (tertiary/aromatic N) is 4. The SMILES string of the molecule is C=CC(=O)N1CC2CCOc3c(c4cc(F)c(-c5c(O)cccc5F)c(F)c4n(-c4c(C)ccnc4C(C)C)c3=O)N2CC1C. The first-order valence-electron chi connectivity index (χ1n) is 14.8. The maximum atomic E-state index is 17.1. The molecule has 4 aromatic rings. The van der Waals surface area contributed by atoms with Gasteiger partial charge in [-0.25, -0.2) is 13.2 Å². The van der Waals surface area contributed by atoms with Gasteiger partial charge in [-0.2, -0.15) is 0 Å². The van der Waals surface area contributed by atoms with E-state index in [-0.39, 0.29) is 65.9 Å². The van der Waals surface area contributed by atoms with Crippen LogP contribution in [-0.2, 0) is 4.79 Å². The van der Waals surface area contributed by atoms with Crippen LogP contribution in [0.4, 0.5) is 18.9 Å². The third-order valence-corrected chi connectivity index (χ3v) is 8.73. The number of hydrogen-bond acceptors (Lipinski definition) is 6. The summed E-state index contributed by atoms with van der Waals surface area (Å²) < 4.78 is 55.7. The summed E-state index contributed by atoms with van der Waals surface area (Å²) in [6, 6.07) is 5.44. The van der Waals surface area contributed by atoms with Gasteiger partial charge in [-0.3, -0.25) is 19.1 Å². The fraction of sp³-hybridized carbons (Fsp3) is 0.324. The smallest absolute Gasteiger partial charge is 0.300 e. The summed E-state index contributed by atoms with van der Waals surface area (Å²) in [5.41, 5.74) is -0.865. The first-order valence-corrected chi connectivity index (χ1v) is 14.8. The van der Waals surface area contributed by atoms with E-state index in [1.807, 2.05) is 25.7 Å². The Labute approximate surface area is 258 Å². The Bertz CT molecular complexity index is 1920. The number of aryl methyl sites for hydroxylation is 1. The molecule has 45 heavy (non-hydrogen) atoms. The highest BCUT2D eigenvalue weighted by atomic mass is 19.1. The van der Waals surface area contributed by atoms with Crippen molar-refractivity contribution in [2.75, 3.05) is 24.6 Å². The molecule has 234 valence electrons. The molecule has 2 aromatic carbocycles. The molecule has 2 unspecified atom stereocenters. The number of amides is 1. The van der Waals surface area contributed by atoms with Gasteiger partial charge in [0, 0.05) is 37.1 Å². The Morgan fingerprint density at radius 2 is 1.89 bits per heavy atom. The average Bonchev–Trinajstić information content (AvgIpc) is 3.18. The molecule has 1 N–H and O–H groups in total. The van der Waals surface area contributed by atoms with Crippen LogP contribution in [0.15, 0.2) is 54.0 Å². The molecule has 2 aromatic heterocycles. The van der Waals surface area contributed by atoms with Crippen molar-refractivity contribution >= 4 is 22.5 Å². The van der Waals surface area contributed by atoms with E-state index in [4.69, 9.17) is 4.74 Å². The number of carbonyl (C=O) groups excluding carboxylic acids is 1. The highest BCUT2D eigenvalue weighted by molar-refractivity contribution is 6.00. The van der Waals surface area contributed by atoms with E-state index in [0.717, 1.165) is 22.8 Å². The van der Waals surface area contributed by atoms with E-state index in [1.165, 1.54) is 12.1 Å². The van der Waals surface area contributed by atoms with Crippen molar-refractivity contribution in [3.8, 4) is 28.3 Å². The molecular formula is C34H33F3N4O4. The molecule has 1 fully saturated rings. The highest BCUT2D eigenvalue weighted by Gasteiger charge is 2.40. The lowest BCUT2D eigenvalue weighted by Gasteiger charge is -2.45. The number of rotatable bonds is 4. The van der Waals surface area contributed by atoms with Gasteiger partial charge in [0.25, 0.3) is 5.56 Å². The summed E-state index contributed by atoms with van der Waals surface area (Å²) >= 11 is 0. The lowest BCUT2D eigenvalue weighted by Crippen LogP contribution is -2.59. The number of aromatic hydroxyl groups is 1. The number of phenolic OH excluding ortho intramolecular Hbond substituents is 1. The van der Waals surface area contributed by atoms with Crippen molar-refractivity contribution in [3.63, 3.8) is 0 Å². The van der Waals surface area contributed by atoms with Gasteiger partial charge in [0.15, 0.2) is 5.82 Å². The third-order valence-electron chi connectivity index (χ3n) is 8.73. The molecule has 6 rings (SSSR count). The minimum absolute atomic E-state index is 0.0275. The number of ether oxygens (including phenoxy) is 1. The zero-order valence-electron chi connectivity index (χ0n) is 25.4. The van der Waals surface area contributed by atoms with Crippen LogP contribution in [0.25, 0.3) is 27.7 Å². The van der Waals surface area contributed by atoms with Gasteiger partial charge in [0.05, 0.1) is 46.4 Å². The predicted molar refractivity (Wildman–Crippen MR) is 166 cm³/mol. The molecule has 1 amide bonds. The summed E-state index contributed by atoms with van der Waals surface area (Å²) in [6.07, 6.45) is 3.27. The van der Waals surface area contributed by atoms with Crippen LogP contribution >= 0.6 is 0 Å². The second-order valence-corrected chi connectivity index (χ2v) is 11.9. The Morgan fingerprint density at radius 1 is 1.13 bits per heavy atom. The second kappa shape index (κ2) is 11.3. The number of phenols is 1. The molecule has 0 aliphatic carbocycles. The number of pyridine rings is 2. The van der Waals surface area contributed by atoms with Crippen LogP contribution in [0, 0.1) is 24.4 Å². The zero-order chi connectivity index (χ0) is 32.3. The summed E-state index contributed by atoms with van der Waals surface area (Å²) in [5.74, 6) is -4.56. The Kier molecular flexibility index (Phi) is 7.58. The lowest BCUT2D eigenvalue weighted by atomic mass is 9.97. The normalized spacial score (nSPS) is 18.0. The first kappa shape index (κ1) is 30.2. The summed E-state index contributed by atoms with van der Waals surface area (Å²) in [5, 5.41) is 10.6. The van der Waals surface area contributed by atoms with E-state index in [9.17, 15) is 14.7 Å². The fourth-order valence-corrected chi connectivity index (χ4v) is 6.62. The number of carbonyl (C=O) groups is 1. The average molecular weight is 619 g/mol. The predicted octanol–water partition coefficient (Wildman–Crippen LogP) is 5.98. The van der Waals surface area contributed by atoms with Crippen molar-refractivity contribution in [1.82, 2.24) is 14.5 Å². The quantitative estimate of drug-likeness (QED) is 0.283. The van der Waals surface area contributed by atoms with Gasteiger partial charge in [-0.15, -0.1) is 0 Å².